The summed E-state index contributed by atoms with van der Waals surface area (Å²) in [5.74, 6) is 0.199. The number of hydrogen-bond donors (Lipinski definition) is 1. The number of benzene rings is 2. The molecule has 1 heterocycles. The van der Waals surface area contributed by atoms with Gasteiger partial charge in [0.05, 0.1) is 25.3 Å². The minimum absolute atomic E-state index is 0. The van der Waals surface area contributed by atoms with Crippen molar-refractivity contribution in [1.82, 2.24) is 14.5 Å². The van der Waals surface area contributed by atoms with Crippen LogP contribution in [0.4, 0.5) is 4.39 Å². The van der Waals surface area contributed by atoms with E-state index in [0.29, 0.717) is 33.5 Å². The Morgan fingerprint density at radius 1 is 1.17 bits per heavy atom. The van der Waals surface area contributed by atoms with E-state index < -0.39 is 22.6 Å². The standard InChI is InChI=1S/C18H18FN3O5S.ClH/c1-22(28(24)25)9-11-5-4-10(6-14(11)19)17-12-7-15(26-2)16(27-3)8-13(12)18(23)21-20-17;/h4-8H,9H2,1-3H3,(H,21,23)(H,24,25);1H/p-1. The summed E-state index contributed by atoms with van der Waals surface area (Å²) < 4.78 is 47.9. The molecule has 0 saturated heterocycles. The Kier molecular flexibility index (Phi) is 7.31. The number of aromatic amines is 1. The molecule has 0 fully saturated rings. The first kappa shape index (κ1) is 22.8. The molecule has 1 aromatic heterocycles. The third-order valence-corrected chi connectivity index (χ3v) is 4.90. The van der Waals surface area contributed by atoms with Crippen LogP contribution in [-0.2, 0) is 17.8 Å². The molecule has 1 unspecified atom stereocenters. The van der Waals surface area contributed by atoms with Gasteiger partial charge >= 0.3 is 0 Å². The predicted octanol–water partition coefficient (Wildman–Crippen LogP) is 2.39. The second kappa shape index (κ2) is 9.31. The molecule has 1 N–H and O–H groups in total. The lowest BCUT2D eigenvalue weighted by Gasteiger charge is -2.19. The van der Waals surface area contributed by atoms with Crippen molar-refractivity contribution in [2.45, 2.75) is 6.54 Å². The fraction of sp³-hybridized carbons (Fsp3) is 0.222. The third-order valence-electron chi connectivity index (χ3n) is 4.27. The summed E-state index contributed by atoms with van der Waals surface area (Å²) in [7, 11) is 4.27. The first-order valence-corrected chi connectivity index (χ1v) is 9.12. The number of rotatable bonds is 6. The maximum absolute atomic E-state index is 14.5. The Morgan fingerprint density at radius 2 is 1.79 bits per heavy atom. The number of ether oxygens (including phenoxy) is 2. The van der Waals surface area contributed by atoms with Crippen LogP contribution in [0.5, 0.6) is 11.5 Å². The number of methoxy groups -OCH3 is 2. The molecule has 1 atom stereocenters. The number of halogens is 2. The van der Waals surface area contributed by atoms with Crippen molar-refractivity contribution in [3.05, 3.63) is 52.1 Å². The van der Waals surface area contributed by atoms with Gasteiger partial charge in [-0.05, 0) is 25.2 Å². The van der Waals surface area contributed by atoms with E-state index in [-0.39, 0.29) is 24.5 Å². The topological polar surface area (TPSA) is 108 Å². The van der Waals surface area contributed by atoms with Crippen molar-refractivity contribution in [2.75, 3.05) is 21.3 Å². The van der Waals surface area contributed by atoms with Crippen LogP contribution in [0.25, 0.3) is 22.0 Å². The van der Waals surface area contributed by atoms with Gasteiger partial charge in [-0.25, -0.2) is 13.8 Å². The van der Waals surface area contributed by atoms with Crippen molar-refractivity contribution in [3.63, 3.8) is 0 Å². The van der Waals surface area contributed by atoms with Gasteiger partial charge in [-0.1, -0.05) is 12.1 Å². The van der Waals surface area contributed by atoms with Crippen molar-refractivity contribution < 1.29 is 22.6 Å². The number of nitrogens with zero attached hydrogens (tertiary/aromatic N) is 2. The van der Waals surface area contributed by atoms with Gasteiger partial charge in [-0.15, -0.1) is 12.4 Å². The fourth-order valence-electron chi connectivity index (χ4n) is 2.83. The molecule has 156 valence electrons. The molecule has 0 aliphatic rings. The van der Waals surface area contributed by atoms with Gasteiger partial charge in [0.15, 0.2) is 11.5 Å². The van der Waals surface area contributed by atoms with E-state index in [2.05, 4.69) is 10.2 Å². The second-order valence-corrected chi connectivity index (χ2v) is 7.02. The van der Waals surface area contributed by atoms with E-state index in [0.717, 1.165) is 4.31 Å². The summed E-state index contributed by atoms with van der Waals surface area (Å²) >= 11 is -2.45. The number of fused-ring (bicyclic) bond motifs is 1. The average Bonchev–Trinajstić information content (AvgIpc) is 2.68. The highest BCUT2D eigenvalue weighted by molar-refractivity contribution is 7.76. The summed E-state index contributed by atoms with van der Waals surface area (Å²) in [6.07, 6.45) is 0. The zero-order valence-electron chi connectivity index (χ0n) is 15.7. The summed E-state index contributed by atoms with van der Waals surface area (Å²) in [4.78, 5) is 12.2. The van der Waals surface area contributed by atoms with Crippen molar-refractivity contribution in [1.29, 1.82) is 0 Å². The van der Waals surface area contributed by atoms with E-state index >= 15 is 0 Å². The van der Waals surface area contributed by atoms with E-state index in [1.807, 2.05) is 0 Å². The van der Waals surface area contributed by atoms with Gasteiger partial charge in [0.25, 0.3) is 5.56 Å². The average molecular weight is 443 g/mol. The van der Waals surface area contributed by atoms with Crippen LogP contribution in [0.2, 0.25) is 0 Å². The lowest BCUT2D eigenvalue weighted by molar-refractivity contribution is 0.356. The fourth-order valence-corrected chi connectivity index (χ4v) is 3.07. The Hall–Kier alpha value is -2.53. The van der Waals surface area contributed by atoms with Crippen LogP contribution in [-0.4, -0.2) is 44.5 Å². The molecule has 8 nitrogen and oxygen atoms in total. The van der Waals surface area contributed by atoms with Crippen LogP contribution in [0, 0.1) is 5.82 Å². The third kappa shape index (κ3) is 4.56. The van der Waals surface area contributed by atoms with E-state index in [1.165, 1.54) is 39.5 Å². The molecular weight excluding hydrogens is 425 g/mol. The molecular formula is C18H18ClFN3O5S-. The van der Waals surface area contributed by atoms with Crippen molar-refractivity contribution in [2.24, 2.45) is 0 Å². The largest absolute Gasteiger partial charge is 0.760 e. The monoisotopic (exact) mass is 442 g/mol. The Labute approximate surface area is 174 Å². The van der Waals surface area contributed by atoms with Crippen LogP contribution in [0.1, 0.15) is 5.56 Å². The van der Waals surface area contributed by atoms with E-state index in [9.17, 15) is 17.9 Å². The number of aromatic nitrogens is 2. The molecule has 2 aromatic carbocycles. The van der Waals surface area contributed by atoms with Crippen LogP contribution in [0.15, 0.2) is 35.1 Å². The highest BCUT2D eigenvalue weighted by atomic mass is 35.5. The van der Waals surface area contributed by atoms with Gasteiger partial charge in [0.2, 0.25) is 0 Å². The highest BCUT2D eigenvalue weighted by Gasteiger charge is 2.16. The molecule has 0 radical (unpaired) electrons. The number of nitrogens with one attached hydrogen (secondary N) is 1. The predicted molar refractivity (Wildman–Crippen MR) is 108 cm³/mol. The zero-order chi connectivity index (χ0) is 20.4. The molecule has 11 heteroatoms. The van der Waals surface area contributed by atoms with Crippen LogP contribution < -0.4 is 15.0 Å². The molecule has 0 amide bonds. The lowest BCUT2D eigenvalue weighted by Crippen LogP contribution is -2.20. The summed E-state index contributed by atoms with van der Waals surface area (Å²) in [6, 6.07) is 7.46. The zero-order valence-corrected chi connectivity index (χ0v) is 17.4. The lowest BCUT2D eigenvalue weighted by atomic mass is 10.0. The van der Waals surface area contributed by atoms with Crippen molar-refractivity contribution >= 4 is 34.4 Å². The normalized spacial score (nSPS) is 11.9. The first-order chi connectivity index (χ1) is 13.3. The maximum Gasteiger partial charge on any atom is 0.272 e. The molecule has 29 heavy (non-hydrogen) atoms. The second-order valence-electron chi connectivity index (χ2n) is 5.96. The van der Waals surface area contributed by atoms with E-state index in [1.54, 1.807) is 12.1 Å². The van der Waals surface area contributed by atoms with Gasteiger partial charge in [-0.3, -0.25) is 9.00 Å². The molecule has 0 aliphatic carbocycles. The summed E-state index contributed by atoms with van der Waals surface area (Å²) in [6.45, 7) is -0.104. The number of hydrogen-bond acceptors (Lipinski definition) is 6. The Morgan fingerprint density at radius 3 is 2.34 bits per heavy atom. The Bertz CT molecular complexity index is 1120. The molecule has 0 spiro atoms. The minimum atomic E-state index is -2.45. The van der Waals surface area contributed by atoms with Crippen LogP contribution >= 0.6 is 12.4 Å². The van der Waals surface area contributed by atoms with Gasteiger partial charge in [0.1, 0.15) is 5.82 Å². The van der Waals surface area contributed by atoms with Crippen molar-refractivity contribution in [3.8, 4) is 22.8 Å². The Balaban J connectivity index is 0.00000300. The molecule has 3 aromatic rings. The van der Waals surface area contributed by atoms with Gasteiger partial charge < -0.3 is 14.0 Å². The smallest absolute Gasteiger partial charge is 0.272 e. The maximum atomic E-state index is 14.5. The quantitative estimate of drug-likeness (QED) is 0.587. The highest BCUT2D eigenvalue weighted by Crippen LogP contribution is 2.34. The molecule has 0 bridgehead atoms. The first-order valence-electron chi connectivity index (χ1n) is 8.09. The SMILES string of the molecule is COc1cc2c(-c3ccc(CN(C)S(=O)[O-])c(F)c3)n[nH]c(=O)c2cc1OC.Cl. The van der Waals surface area contributed by atoms with Gasteiger partial charge in [0, 0.05) is 34.3 Å². The molecule has 0 saturated carbocycles. The summed E-state index contributed by atoms with van der Waals surface area (Å²) in [5.41, 5.74) is 0.558. The molecule has 3 rings (SSSR count). The number of H-pyrrole nitrogens is 1. The molecule has 0 aliphatic heterocycles. The van der Waals surface area contributed by atoms with Gasteiger partial charge in [-0.2, -0.15) is 5.10 Å². The van der Waals surface area contributed by atoms with E-state index in [4.69, 9.17) is 9.47 Å². The van der Waals surface area contributed by atoms with Crippen LogP contribution in [0.3, 0.4) is 0 Å². The summed E-state index contributed by atoms with van der Waals surface area (Å²) in [5, 5.41) is 7.23. The minimum Gasteiger partial charge on any atom is -0.760 e.